The van der Waals surface area contributed by atoms with E-state index >= 15 is 0 Å². The van der Waals surface area contributed by atoms with Gasteiger partial charge in [0.05, 0.1) is 4.88 Å². The molecule has 0 aliphatic rings. The van der Waals surface area contributed by atoms with Crippen molar-refractivity contribution in [2.24, 2.45) is 0 Å². The summed E-state index contributed by atoms with van der Waals surface area (Å²) in [7, 11) is 0. The first-order valence-corrected chi connectivity index (χ1v) is 4.83. The Hall–Kier alpha value is -0.890. The Bertz CT molecular complexity index is 297. The van der Waals surface area contributed by atoms with Gasteiger partial charge >= 0.3 is 0 Å². The zero-order chi connectivity index (χ0) is 8.97. The Labute approximate surface area is 76.7 Å². The molecule has 0 amide bonds. The normalized spacial score (nSPS) is 10.8. The standard InChI is InChI=1S/C10H12OS/c1-3-4-5-9(11)10-7-6-8(2)12-10/h4-7H,3H2,1-2H3/b5-4+. The van der Waals surface area contributed by atoms with Gasteiger partial charge in [-0.1, -0.05) is 13.0 Å². The minimum atomic E-state index is 0.120. The number of carbonyl (C=O) groups excluding carboxylic acids is 1. The van der Waals surface area contributed by atoms with E-state index in [0.29, 0.717) is 0 Å². The number of thiophene rings is 1. The molecule has 0 radical (unpaired) electrons. The number of hydrogen-bond acceptors (Lipinski definition) is 2. The molecule has 64 valence electrons. The summed E-state index contributed by atoms with van der Waals surface area (Å²) in [6.45, 7) is 4.02. The third-order valence-electron chi connectivity index (χ3n) is 1.49. The van der Waals surface area contributed by atoms with Crippen LogP contribution in [0.1, 0.15) is 27.9 Å². The number of aryl methyl sites for hydroxylation is 1. The van der Waals surface area contributed by atoms with Gasteiger partial charge in [0, 0.05) is 4.88 Å². The molecule has 0 saturated heterocycles. The molecule has 0 aliphatic heterocycles. The van der Waals surface area contributed by atoms with E-state index in [9.17, 15) is 4.79 Å². The van der Waals surface area contributed by atoms with E-state index in [1.54, 1.807) is 17.4 Å². The maximum atomic E-state index is 11.3. The van der Waals surface area contributed by atoms with E-state index in [4.69, 9.17) is 0 Å². The van der Waals surface area contributed by atoms with Crippen LogP contribution in [-0.4, -0.2) is 5.78 Å². The van der Waals surface area contributed by atoms with Crippen molar-refractivity contribution in [3.63, 3.8) is 0 Å². The topological polar surface area (TPSA) is 17.1 Å². The summed E-state index contributed by atoms with van der Waals surface area (Å²) in [6, 6.07) is 3.85. The Morgan fingerprint density at radius 1 is 1.58 bits per heavy atom. The van der Waals surface area contributed by atoms with Crippen LogP contribution in [0.2, 0.25) is 0 Å². The van der Waals surface area contributed by atoms with Crippen molar-refractivity contribution in [2.75, 3.05) is 0 Å². The fraction of sp³-hybridized carbons (Fsp3) is 0.300. The molecule has 1 nitrogen and oxygen atoms in total. The van der Waals surface area contributed by atoms with Gasteiger partial charge in [-0.3, -0.25) is 4.79 Å². The number of rotatable bonds is 3. The van der Waals surface area contributed by atoms with Crippen molar-refractivity contribution < 1.29 is 4.79 Å². The summed E-state index contributed by atoms with van der Waals surface area (Å²) < 4.78 is 0. The molecule has 0 N–H and O–H groups in total. The van der Waals surface area contributed by atoms with E-state index in [1.165, 1.54) is 4.88 Å². The van der Waals surface area contributed by atoms with E-state index in [-0.39, 0.29) is 5.78 Å². The lowest BCUT2D eigenvalue weighted by Crippen LogP contribution is -1.87. The second kappa shape index (κ2) is 4.21. The molecule has 1 heterocycles. The fourth-order valence-electron chi connectivity index (χ4n) is 0.874. The lowest BCUT2D eigenvalue weighted by atomic mass is 10.3. The second-order valence-electron chi connectivity index (χ2n) is 2.59. The smallest absolute Gasteiger partial charge is 0.195 e. The Kier molecular flexibility index (Phi) is 3.23. The molecule has 0 unspecified atom stereocenters. The predicted octanol–water partition coefficient (Wildman–Crippen LogP) is 3.21. The molecule has 2 heteroatoms. The molecule has 1 aromatic rings. The molecule has 1 rings (SSSR count). The third-order valence-corrected chi connectivity index (χ3v) is 2.50. The van der Waals surface area contributed by atoms with Crippen molar-refractivity contribution in [1.29, 1.82) is 0 Å². The molecule has 12 heavy (non-hydrogen) atoms. The summed E-state index contributed by atoms with van der Waals surface area (Å²) in [5.41, 5.74) is 0. The molecule has 0 bridgehead atoms. The van der Waals surface area contributed by atoms with Gasteiger partial charge in [0.15, 0.2) is 5.78 Å². The van der Waals surface area contributed by atoms with Gasteiger partial charge in [-0.05, 0) is 31.6 Å². The molecule has 0 aromatic carbocycles. The Morgan fingerprint density at radius 3 is 2.83 bits per heavy atom. The molecular formula is C10H12OS. The van der Waals surface area contributed by atoms with E-state index < -0.39 is 0 Å². The number of ketones is 1. The van der Waals surface area contributed by atoms with Crippen molar-refractivity contribution >= 4 is 17.1 Å². The van der Waals surface area contributed by atoms with Crippen molar-refractivity contribution in [3.05, 3.63) is 34.0 Å². The molecular weight excluding hydrogens is 168 g/mol. The van der Waals surface area contributed by atoms with Gasteiger partial charge in [0.2, 0.25) is 0 Å². The monoisotopic (exact) mass is 180 g/mol. The number of hydrogen-bond donors (Lipinski definition) is 0. The summed E-state index contributed by atoms with van der Waals surface area (Å²) >= 11 is 1.55. The highest BCUT2D eigenvalue weighted by Gasteiger charge is 2.02. The van der Waals surface area contributed by atoms with Gasteiger partial charge in [-0.15, -0.1) is 11.3 Å². The molecule has 0 atom stereocenters. The average molecular weight is 180 g/mol. The van der Waals surface area contributed by atoms with Crippen molar-refractivity contribution in [3.8, 4) is 0 Å². The van der Waals surface area contributed by atoms with E-state index in [1.807, 2.05) is 32.1 Å². The summed E-state index contributed by atoms with van der Waals surface area (Å²) in [5, 5.41) is 0. The van der Waals surface area contributed by atoms with Crippen LogP contribution in [0.5, 0.6) is 0 Å². The molecule has 0 saturated carbocycles. The van der Waals surface area contributed by atoms with Gasteiger partial charge in [-0.2, -0.15) is 0 Å². The lowest BCUT2D eigenvalue weighted by molar-refractivity contribution is 0.105. The van der Waals surface area contributed by atoms with E-state index in [2.05, 4.69) is 0 Å². The first-order valence-electron chi connectivity index (χ1n) is 4.01. The highest BCUT2D eigenvalue weighted by atomic mass is 32.1. The number of carbonyl (C=O) groups is 1. The fourth-order valence-corrected chi connectivity index (χ4v) is 1.66. The predicted molar refractivity (Wildman–Crippen MR) is 52.8 cm³/mol. The highest BCUT2D eigenvalue weighted by Crippen LogP contribution is 2.15. The maximum Gasteiger partial charge on any atom is 0.195 e. The highest BCUT2D eigenvalue weighted by molar-refractivity contribution is 7.14. The van der Waals surface area contributed by atoms with Crippen LogP contribution < -0.4 is 0 Å². The molecule has 1 aromatic heterocycles. The van der Waals surface area contributed by atoms with Gasteiger partial charge in [-0.25, -0.2) is 0 Å². The largest absolute Gasteiger partial charge is 0.288 e. The lowest BCUT2D eigenvalue weighted by Gasteiger charge is -1.86. The third kappa shape index (κ3) is 2.31. The Balaban J connectivity index is 2.72. The average Bonchev–Trinajstić information content (AvgIpc) is 2.47. The summed E-state index contributed by atoms with van der Waals surface area (Å²) in [5.74, 6) is 0.120. The van der Waals surface area contributed by atoms with Crippen molar-refractivity contribution in [1.82, 2.24) is 0 Å². The van der Waals surface area contributed by atoms with Crippen LogP contribution >= 0.6 is 11.3 Å². The zero-order valence-electron chi connectivity index (χ0n) is 7.33. The van der Waals surface area contributed by atoms with E-state index in [0.717, 1.165) is 11.3 Å². The van der Waals surface area contributed by atoms with Crippen LogP contribution in [0.3, 0.4) is 0 Å². The molecule has 0 aliphatic carbocycles. The second-order valence-corrected chi connectivity index (χ2v) is 3.87. The van der Waals surface area contributed by atoms with Crippen LogP contribution in [0.25, 0.3) is 0 Å². The molecule has 0 fully saturated rings. The first kappa shape index (κ1) is 9.20. The summed E-state index contributed by atoms with van der Waals surface area (Å²) in [6.07, 6.45) is 4.44. The quantitative estimate of drug-likeness (QED) is 0.515. The first-order chi connectivity index (χ1) is 5.74. The van der Waals surface area contributed by atoms with Gasteiger partial charge < -0.3 is 0 Å². The number of allylic oxidation sites excluding steroid dienone is 2. The SMILES string of the molecule is CC/C=C/C(=O)c1ccc(C)s1. The maximum absolute atomic E-state index is 11.3. The van der Waals surface area contributed by atoms with Crippen LogP contribution in [0.4, 0.5) is 0 Å². The van der Waals surface area contributed by atoms with Gasteiger partial charge in [0.25, 0.3) is 0 Å². The minimum absolute atomic E-state index is 0.120. The van der Waals surface area contributed by atoms with Crippen molar-refractivity contribution in [2.45, 2.75) is 20.3 Å². The Morgan fingerprint density at radius 2 is 2.33 bits per heavy atom. The summed E-state index contributed by atoms with van der Waals surface area (Å²) in [4.78, 5) is 13.4. The van der Waals surface area contributed by atoms with Crippen LogP contribution in [0, 0.1) is 6.92 Å². The van der Waals surface area contributed by atoms with Gasteiger partial charge in [0.1, 0.15) is 0 Å². The zero-order valence-corrected chi connectivity index (χ0v) is 8.15. The molecule has 0 spiro atoms. The van der Waals surface area contributed by atoms with Crippen LogP contribution in [-0.2, 0) is 0 Å². The minimum Gasteiger partial charge on any atom is -0.288 e. The van der Waals surface area contributed by atoms with Crippen LogP contribution in [0.15, 0.2) is 24.3 Å².